The minimum Gasteiger partial charge on any atom is -0.493 e. The van der Waals surface area contributed by atoms with Gasteiger partial charge in [0, 0.05) is 12.0 Å². The molecular formula is C17H16N2OS. The second kappa shape index (κ2) is 5.04. The smallest absolute Gasteiger partial charge is 0.184 e. The number of hydrogen-bond acceptors (Lipinski definition) is 4. The van der Waals surface area contributed by atoms with Crippen molar-refractivity contribution in [1.29, 1.82) is 0 Å². The second-order valence-electron chi connectivity index (χ2n) is 5.31. The van der Waals surface area contributed by atoms with E-state index < -0.39 is 0 Å². The molecule has 2 heterocycles. The molecule has 1 aliphatic rings. The zero-order valence-corrected chi connectivity index (χ0v) is 12.6. The minimum absolute atomic E-state index is 0.274. The molecule has 0 saturated carbocycles. The van der Waals surface area contributed by atoms with Crippen LogP contribution in [-0.4, -0.2) is 11.6 Å². The highest BCUT2D eigenvalue weighted by atomic mass is 32.1. The first kappa shape index (κ1) is 12.7. The predicted octanol–water partition coefficient (Wildman–Crippen LogP) is 4.54. The Morgan fingerprint density at radius 2 is 2.10 bits per heavy atom. The molecule has 4 rings (SSSR count). The number of fused-ring (bicyclic) bond motifs is 2. The number of nitrogens with zero attached hydrogens (tertiary/aromatic N) is 1. The van der Waals surface area contributed by atoms with E-state index in [9.17, 15) is 0 Å². The lowest BCUT2D eigenvalue weighted by atomic mass is 10.0. The number of para-hydroxylation sites is 2. The van der Waals surface area contributed by atoms with Gasteiger partial charge in [-0.3, -0.25) is 0 Å². The van der Waals surface area contributed by atoms with Crippen LogP contribution >= 0.6 is 11.3 Å². The molecule has 1 unspecified atom stereocenters. The topological polar surface area (TPSA) is 34.1 Å². The quantitative estimate of drug-likeness (QED) is 0.754. The average Bonchev–Trinajstić information content (AvgIpc) is 2.92. The number of aromatic nitrogens is 1. The lowest BCUT2D eigenvalue weighted by Crippen LogP contribution is -2.20. The zero-order valence-electron chi connectivity index (χ0n) is 11.8. The first-order valence-corrected chi connectivity index (χ1v) is 7.97. The van der Waals surface area contributed by atoms with Crippen molar-refractivity contribution in [3.05, 3.63) is 53.6 Å². The molecule has 0 saturated heterocycles. The maximum atomic E-state index is 5.71. The zero-order chi connectivity index (χ0) is 14.2. The Morgan fingerprint density at radius 1 is 1.19 bits per heavy atom. The van der Waals surface area contributed by atoms with Crippen LogP contribution in [0, 0.1) is 6.92 Å². The first-order valence-electron chi connectivity index (χ1n) is 7.16. The number of aryl methyl sites for hydroxylation is 1. The number of thiazole rings is 1. The standard InChI is InChI=1S/C17H16N2OS/c1-11-5-4-8-15-16(11)19-17(21-15)18-13-9-10-20-14-7-3-2-6-12(13)14/h2-8,13H,9-10H2,1H3,(H,18,19). The minimum atomic E-state index is 0.274. The van der Waals surface area contributed by atoms with E-state index in [2.05, 4.69) is 42.6 Å². The summed E-state index contributed by atoms with van der Waals surface area (Å²) in [5.74, 6) is 0.985. The summed E-state index contributed by atoms with van der Waals surface area (Å²) in [6.45, 7) is 2.86. The van der Waals surface area contributed by atoms with Crippen LogP contribution in [0.1, 0.15) is 23.6 Å². The Hall–Kier alpha value is -2.07. The van der Waals surface area contributed by atoms with E-state index in [1.54, 1.807) is 11.3 Å². The lowest BCUT2D eigenvalue weighted by molar-refractivity contribution is 0.274. The third kappa shape index (κ3) is 2.25. The van der Waals surface area contributed by atoms with Crippen LogP contribution < -0.4 is 10.1 Å². The highest BCUT2D eigenvalue weighted by Crippen LogP contribution is 2.36. The number of ether oxygens (including phenoxy) is 1. The Balaban J connectivity index is 1.68. The molecule has 106 valence electrons. The number of anilines is 1. The normalized spacial score (nSPS) is 17.3. The summed E-state index contributed by atoms with van der Waals surface area (Å²) in [4.78, 5) is 4.75. The van der Waals surface area contributed by atoms with Gasteiger partial charge in [0.1, 0.15) is 5.75 Å². The van der Waals surface area contributed by atoms with E-state index in [1.807, 2.05) is 12.1 Å². The molecule has 0 spiro atoms. The highest BCUT2D eigenvalue weighted by Gasteiger charge is 2.21. The van der Waals surface area contributed by atoms with E-state index in [0.717, 1.165) is 29.4 Å². The monoisotopic (exact) mass is 296 g/mol. The van der Waals surface area contributed by atoms with Crippen LogP contribution in [0.15, 0.2) is 42.5 Å². The van der Waals surface area contributed by atoms with Gasteiger partial charge in [-0.2, -0.15) is 0 Å². The number of rotatable bonds is 2. The maximum Gasteiger partial charge on any atom is 0.184 e. The molecule has 0 radical (unpaired) electrons. The Kier molecular flexibility index (Phi) is 3.04. The molecule has 0 bridgehead atoms. The summed E-state index contributed by atoms with van der Waals surface area (Å²) in [6.07, 6.45) is 0.964. The van der Waals surface area contributed by atoms with Gasteiger partial charge in [-0.1, -0.05) is 41.7 Å². The lowest BCUT2D eigenvalue weighted by Gasteiger charge is -2.26. The van der Waals surface area contributed by atoms with Gasteiger partial charge in [-0.05, 0) is 24.6 Å². The van der Waals surface area contributed by atoms with Crippen molar-refractivity contribution in [2.24, 2.45) is 0 Å². The third-order valence-electron chi connectivity index (χ3n) is 3.88. The van der Waals surface area contributed by atoms with Crippen molar-refractivity contribution in [3.63, 3.8) is 0 Å². The van der Waals surface area contributed by atoms with Gasteiger partial charge in [-0.15, -0.1) is 0 Å². The molecule has 3 nitrogen and oxygen atoms in total. The molecular weight excluding hydrogens is 280 g/mol. The molecule has 2 aromatic carbocycles. The van der Waals surface area contributed by atoms with Crippen LogP contribution in [0.25, 0.3) is 10.2 Å². The molecule has 0 fully saturated rings. The SMILES string of the molecule is Cc1cccc2sc(NC3CCOc4ccccc43)nc12. The second-order valence-corrected chi connectivity index (χ2v) is 6.34. The van der Waals surface area contributed by atoms with Gasteiger partial charge in [0.2, 0.25) is 0 Å². The summed E-state index contributed by atoms with van der Waals surface area (Å²) in [5.41, 5.74) is 3.55. The average molecular weight is 296 g/mol. The molecule has 3 aromatic rings. The first-order chi connectivity index (χ1) is 10.3. The number of nitrogens with one attached hydrogen (secondary N) is 1. The van der Waals surface area contributed by atoms with Gasteiger partial charge in [-0.25, -0.2) is 4.98 Å². The molecule has 21 heavy (non-hydrogen) atoms. The van der Waals surface area contributed by atoms with Crippen molar-refractivity contribution in [2.75, 3.05) is 11.9 Å². The fraction of sp³-hybridized carbons (Fsp3) is 0.235. The summed E-state index contributed by atoms with van der Waals surface area (Å²) < 4.78 is 6.95. The summed E-state index contributed by atoms with van der Waals surface area (Å²) in [6, 6.07) is 14.8. The molecule has 1 N–H and O–H groups in total. The summed E-state index contributed by atoms with van der Waals surface area (Å²) >= 11 is 1.72. The van der Waals surface area contributed by atoms with Crippen LogP contribution in [0.5, 0.6) is 5.75 Å². The molecule has 1 aromatic heterocycles. The van der Waals surface area contributed by atoms with Crippen LogP contribution in [0.2, 0.25) is 0 Å². The fourth-order valence-corrected chi connectivity index (χ4v) is 3.79. The van der Waals surface area contributed by atoms with E-state index in [-0.39, 0.29) is 6.04 Å². The van der Waals surface area contributed by atoms with Gasteiger partial charge in [0.25, 0.3) is 0 Å². The van der Waals surface area contributed by atoms with E-state index in [0.29, 0.717) is 0 Å². The van der Waals surface area contributed by atoms with Crippen LogP contribution in [-0.2, 0) is 0 Å². The van der Waals surface area contributed by atoms with Crippen molar-refractivity contribution >= 4 is 26.7 Å². The molecule has 0 amide bonds. The Bertz CT molecular complexity index is 796. The third-order valence-corrected chi connectivity index (χ3v) is 4.83. The Morgan fingerprint density at radius 3 is 3.00 bits per heavy atom. The van der Waals surface area contributed by atoms with Gasteiger partial charge < -0.3 is 10.1 Å². The molecule has 0 aliphatic carbocycles. The van der Waals surface area contributed by atoms with Gasteiger partial charge in [0.05, 0.1) is 22.9 Å². The number of hydrogen-bond donors (Lipinski definition) is 1. The van der Waals surface area contributed by atoms with E-state index in [4.69, 9.17) is 9.72 Å². The van der Waals surface area contributed by atoms with Gasteiger partial charge >= 0.3 is 0 Å². The van der Waals surface area contributed by atoms with E-state index >= 15 is 0 Å². The predicted molar refractivity (Wildman–Crippen MR) is 87.3 cm³/mol. The van der Waals surface area contributed by atoms with Crippen molar-refractivity contribution in [3.8, 4) is 5.75 Å². The maximum absolute atomic E-state index is 5.71. The Labute approximate surface area is 127 Å². The highest BCUT2D eigenvalue weighted by molar-refractivity contribution is 7.22. The summed E-state index contributed by atoms with van der Waals surface area (Å²) in [5, 5.41) is 4.57. The summed E-state index contributed by atoms with van der Waals surface area (Å²) in [7, 11) is 0. The van der Waals surface area contributed by atoms with Crippen molar-refractivity contribution in [1.82, 2.24) is 4.98 Å². The van der Waals surface area contributed by atoms with Crippen LogP contribution in [0.3, 0.4) is 0 Å². The molecule has 1 aliphatic heterocycles. The fourth-order valence-electron chi connectivity index (χ4n) is 2.79. The van der Waals surface area contributed by atoms with E-state index in [1.165, 1.54) is 15.8 Å². The van der Waals surface area contributed by atoms with Gasteiger partial charge in [0.15, 0.2) is 5.13 Å². The molecule has 4 heteroatoms. The largest absolute Gasteiger partial charge is 0.493 e. The number of benzene rings is 2. The van der Waals surface area contributed by atoms with Crippen molar-refractivity contribution in [2.45, 2.75) is 19.4 Å². The molecule has 1 atom stereocenters. The van der Waals surface area contributed by atoms with Crippen molar-refractivity contribution < 1.29 is 4.74 Å². The van der Waals surface area contributed by atoms with Crippen LogP contribution in [0.4, 0.5) is 5.13 Å².